The highest BCUT2D eigenvalue weighted by atomic mass is 35.5. The van der Waals surface area contributed by atoms with Crippen LogP contribution in [0.15, 0.2) is 24.3 Å². The molecule has 0 amide bonds. The minimum absolute atomic E-state index is 0.260. The topological polar surface area (TPSA) is 46.6 Å². The number of hydrogen-bond donors (Lipinski definition) is 1. The Morgan fingerprint density at radius 3 is 1.90 bits per heavy atom. The molecule has 1 aromatic heterocycles. The molecule has 1 N–H and O–H groups in total. The van der Waals surface area contributed by atoms with E-state index >= 15 is 0 Å². The number of benzene rings is 2. The molecule has 0 radical (unpaired) electrons. The van der Waals surface area contributed by atoms with E-state index in [1.807, 2.05) is 0 Å². The molecule has 0 atom stereocenters. The fourth-order valence-electron chi connectivity index (χ4n) is 3.51. The van der Waals surface area contributed by atoms with Gasteiger partial charge in [0.2, 0.25) is 0 Å². The lowest BCUT2D eigenvalue weighted by molar-refractivity contribution is -0.647. The van der Waals surface area contributed by atoms with Crippen LogP contribution in [-0.4, -0.2) is 21.2 Å². The van der Waals surface area contributed by atoms with Crippen molar-refractivity contribution in [3.05, 3.63) is 54.4 Å². The molecular formula is C19H16Cl6N5+. The van der Waals surface area contributed by atoms with Crippen LogP contribution in [0.2, 0.25) is 30.1 Å². The summed E-state index contributed by atoms with van der Waals surface area (Å²) in [5.74, 6) is 0.468. The molecule has 3 aromatic rings. The summed E-state index contributed by atoms with van der Waals surface area (Å²) < 4.78 is 1.54. The van der Waals surface area contributed by atoms with E-state index in [0.29, 0.717) is 47.5 Å². The summed E-state index contributed by atoms with van der Waals surface area (Å²) in [5.41, 5.74) is 0.850. The quantitative estimate of drug-likeness (QED) is 0.365. The highest BCUT2D eigenvalue weighted by Crippen LogP contribution is 2.33. The Bertz CT molecular complexity index is 1050. The molecule has 1 saturated carbocycles. The molecule has 1 fully saturated rings. The van der Waals surface area contributed by atoms with Crippen LogP contribution in [0.25, 0.3) is 11.4 Å². The molecular weight excluding hydrogens is 511 g/mol. The van der Waals surface area contributed by atoms with E-state index in [4.69, 9.17) is 69.6 Å². The standard InChI is InChI=1S/C19H16Cl6N5/c20-10-6-13(22)17(14(23)7-10)29-19(26-12-4-2-1-3-5-12)27-30(28-29)18-15(24)8-11(21)9-16(18)25/h6-9,12H,1-5H2,(H,26,27,28)/q+1. The van der Waals surface area contributed by atoms with E-state index in [0.717, 1.165) is 25.7 Å². The van der Waals surface area contributed by atoms with Crippen molar-refractivity contribution in [2.45, 2.75) is 38.1 Å². The molecule has 0 saturated heterocycles. The van der Waals surface area contributed by atoms with Crippen molar-refractivity contribution in [3.8, 4) is 11.4 Å². The van der Waals surface area contributed by atoms with Crippen LogP contribution in [-0.2, 0) is 0 Å². The molecule has 4 rings (SSSR count). The Morgan fingerprint density at radius 1 is 0.800 bits per heavy atom. The number of rotatable bonds is 4. The summed E-state index contributed by atoms with van der Waals surface area (Å²) in [6.07, 6.45) is 5.62. The van der Waals surface area contributed by atoms with E-state index < -0.39 is 0 Å². The number of tetrazole rings is 1. The first kappa shape index (κ1) is 22.3. The van der Waals surface area contributed by atoms with Gasteiger partial charge in [-0.25, -0.2) is 0 Å². The molecule has 1 aliphatic carbocycles. The predicted molar refractivity (Wildman–Crippen MR) is 123 cm³/mol. The van der Waals surface area contributed by atoms with Crippen LogP contribution in [0.3, 0.4) is 0 Å². The average Bonchev–Trinajstić information content (AvgIpc) is 3.03. The van der Waals surface area contributed by atoms with E-state index in [2.05, 4.69) is 15.6 Å². The maximum Gasteiger partial charge on any atom is 0.404 e. The number of nitrogens with zero attached hydrogens (tertiary/aromatic N) is 4. The second-order valence-electron chi connectivity index (χ2n) is 7.03. The van der Waals surface area contributed by atoms with Crippen molar-refractivity contribution in [2.75, 3.05) is 5.32 Å². The molecule has 0 spiro atoms. The fourth-order valence-corrected chi connectivity index (χ4v) is 5.45. The molecule has 0 aliphatic heterocycles. The van der Waals surface area contributed by atoms with Crippen molar-refractivity contribution in [2.24, 2.45) is 0 Å². The minimum Gasteiger partial charge on any atom is -0.288 e. The zero-order valence-corrected chi connectivity index (χ0v) is 20.0. The highest BCUT2D eigenvalue weighted by molar-refractivity contribution is 6.41. The van der Waals surface area contributed by atoms with Gasteiger partial charge in [0, 0.05) is 15.3 Å². The van der Waals surface area contributed by atoms with Gasteiger partial charge >= 0.3 is 5.95 Å². The molecule has 30 heavy (non-hydrogen) atoms. The monoisotopic (exact) mass is 524 g/mol. The van der Waals surface area contributed by atoms with Crippen LogP contribution < -0.4 is 10.00 Å². The Morgan fingerprint density at radius 2 is 1.33 bits per heavy atom. The summed E-state index contributed by atoms with van der Waals surface area (Å²) in [7, 11) is 0. The lowest BCUT2D eigenvalue weighted by Crippen LogP contribution is -2.40. The summed E-state index contributed by atoms with van der Waals surface area (Å²) in [5, 5.41) is 14.8. The molecule has 5 nitrogen and oxygen atoms in total. The second kappa shape index (κ2) is 9.27. The summed E-state index contributed by atoms with van der Waals surface area (Å²) in [6, 6.07) is 6.62. The summed E-state index contributed by atoms with van der Waals surface area (Å²) in [4.78, 5) is 1.34. The number of aromatic nitrogens is 4. The zero-order valence-electron chi connectivity index (χ0n) is 15.5. The highest BCUT2D eigenvalue weighted by Gasteiger charge is 2.30. The minimum atomic E-state index is 0.260. The smallest absolute Gasteiger partial charge is 0.288 e. The SMILES string of the molecule is Clc1cc(Cl)c(-n2nc(NC3CCCCC3)[n+](-c3c(Cl)cc(Cl)cc3Cl)n2)c(Cl)c1. The third-order valence-corrected chi connectivity index (χ3v) is 6.47. The second-order valence-corrected chi connectivity index (χ2v) is 9.53. The Balaban J connectivity index is 1.86. The Hall–Kier alpha value is -0.950. The molecule has 0 bridgehead atoms. The maximum absolute atomic E-state index is 6.46. The van der Waals surface area contributed by atoms with Gasteiger partial charge in [-0.15, -0.1) is 0 Å². The third kappa shape index (κ3) is 4.62. The van der Waals surface area contributed by atoms with Crippen LogP contribution in [0.5, 0.6) is 0 Å². The number of hydrogen-bond acceptors (Lipinski definition) is 3. The van der Waals surface area contributed by atoms with E-state index in [-0.39, 0.29) is 6.04 Å². The predicted octanol–water partition coefficient (Wildman–Crippen LogP) is 7.21. The lowest BCUT2D eigenvalue weighted by atomic mass is 9.96. The first-order chi connectivity index (χ1) is 14.3. The van der Waals surface area contributed by atoms with Gasteiger partial charge in [-0.1, -0.05) is 93.5 Å². The van der Waals surface area contributed by atoms with Gasteiger partial charge in [-0.3, -0.25) is 5.32 Å². The van der Waals surface area contributed by atoms with E-state index in [9.17, 15) is 0 Å². The largest absolute Gasteiger partial charge is 0.404 e. The normalized spacial score (nSPS) is 14.9. The lowest BCUT2D eigenvalue weighted by Gasteiger charge is -2.19. The molecule has 158 valence electrons. The van der Waals surface area contributed by atoms with Crippen molar-refractivity contribution in [3.63, 3.8) is 0 Å². The van der Waals surface area contributed by atoms with Gasteiger partial charge in [0.05, 0.1) is 31.2 Å². The Labute approximate surface area is 203 Å². The third-order valence-electron chi connectivity index (χ3n) is 4.88. The molecule has 2 aromatic carbocycles. The van der Waals surface area contributed by atoms with Gasteiger partial charge in [0.25, 0.3) is 0 Å². The van der Waals surface area contributed by atoms with E-state index in [1.54, 1.807) is 24.3 Å². The van der Waals surface area contributed by atoms with Crippen LogP contribution in [0.1, 0.15) is 32.1 Å². The maximum atomic E-state index is 6.46. The van der Waals surface area contributed by atoms with Crippen molar-refractivity contribution in [1.29, 1.82) is 0 Å². The average molecular weight is 527 g/mol. The zero-order chi connectivity index (χ0) is 21.4. The van der Waals surface area contributed by atoms with Gasteiger partial charge < -0.3 is 0 Å². The number of anilines is 1. The molecule has 0 unspecified atom stereocenters. The van der Waals surface area contributed by atoms with Gasteiger partial charge in [-0.05, 0) is 41.9 Å². The van der Waals surface area contributed by atoms with Crippen LogP contribution >= 0.6 is 69.6 Å². The van der Waals surface area contributed by atoms with E-state index in [1.165, 1.54) is 15.9 Å². The van der Waals surface area contributed by atoms with Crippen molar-refractivity contribution in [1.82, 2.24) is 15.1 Å². The number of nitrogens with one attached hydrogen (secondary N) is 1. The Kier molecular flexibility index (Phi) is 6.88. The summed E-state index contributed by atoms with van der Waals surface area (Å²) in [6.45, 7) is 0. The van der Waals surface area contributed by atoms with Crippen molar-refractivity contribution < 1.29 is 4.68 Å². The molecule has 1 heterocycles. The molecule has 11 heteroatoms. The van der Waals surface area contributed by atoms with Gasteiger partial charge in [0.1, 0.15) is 0 Å². The number of halogens is 6. The van der Waals surface area contributed by atoms with Crippen molar-refractivity contribution >= 4 is 75.6 Å². The van der Waals surface area contributed by atoms with Crippen LogP contribution in [0.4, 0.5) is 5.95 Å². The van der Waals surface area contributed by atoms with Crippen LogP contribution in [0, 0.1) is 0 Å². The molecule has 1 aliphatic rings. The first-order valence-corrected chi connectivity index (χ1v) is 11.6. The van der Waals surface area contributed by atoms with Gasteiger partial charge in [0.15, 0.2) is 11.4 Å². The first-order valence-electron chi connectivity index (χ1n) is 9.29. The van der Waals surface area contributed by atoms with Gasteiger partial charge in [-0.2, -0.15) is 0 Å². The summed E-state index contributed by atoms with van der Waals surface area (Å²) >= 11 is 37.8. The fraction of sp³-hybridized carbons (Fsp3) is 0.316.